The number of aryl methyl sites for hydroxylation is 1. The average Bonchev–Trinajstić information content (AvgIpc) is 2.51. The van der Waals surface area contributed by atoms with Crippen LogP contribution in [-0.4, -0.2) is 46.4 Å². The number of aromatic nitrogens is 2. The summed E-state index contributed by atoms with van der Waals surface area (Å²) < 4.78 is 0. The van der Waals surface area contributed by atoms with E-state index in [9.17, 15) is 5.11 Å². The SMILES string of the molecule is Cc1nc(-c2ccccc2)nc(SCCCN(C)C)c1[C@H](C)O. The van der Waals surface area contributed by atoms with E-state index in [0.717, 1.165) is 46.4 Å². The molecule has 0 amide bonds. The van der Waals surface area contributed by atoms with E-state index in [2.05, 4.69) is 24.0 Å². The molecule has 0 spiro atoms. The van der Waals surface area contributed by atoms with Crippen LogP contribution in [0.1, 0.15) is 30.7 Å². The van der Waals surface area contributed by atoms with Crippen molar-refractivity contribution in [2.45, 2.75) is 31.4 Å². The Morgan fingerprint density at radius 1 is 1.17 bits per heavy atom. The van der Waals surface area contributed by atoms with Gasteiger partial charge in [-0.05, 0) is 40.9 Å². The van der Waals surface area contributed by atoms with Crippen LogP contribution < -0.4 is 0 Å². The maximum absolute atomic E-state index is 10.1. The third-order valence-electron chi connectivity index (χ3n) is 3.54. The number of hydrogen-bond acceptors (Lipinski definition) is 5. The molecule has 2 rings (SSSR count). The molecule has 0 aliphatic rings. The average molecular weight is 331 g/mol. The topological polar surface area (TPSA) is 49.2 Å². The van der Waals surface area contributed by atoms with E-state index in [-0.39, 0.29) is 0 Å². The maximum Gasteiger partial charge on any atom is 0.160 e. The second-order valence-electron chi connectivity index (χ2n) is 5.90. The van der Waals surface area contributed by atoms with Crippen LogP contribution in [-0.2, 0) is 0 Å². The first kappa shape index (κ1) is 17.9. The van der Waals surface area contributed by atoms with Gasteiger partial charge < -0.3 is 10.0 Å². The fourth-order valence-electron chi connectivity index (χ4n) is 2.41. The van der Waals surface area contributed by atoms with Crippen LogP contribution in [0.4, 0.5) is 0 Å². The zero-order chi connectivity index (χ0) is 16.8. The lowest BCUT2D eigenvalue weighted by molar-refractivity contribution is 0.194. The third-order valence-corrected chi connectivity index (χ3v) is 4.62. The molecule has 0 radical (unpaired) electrons. The van der Waals surface area contributed by atoms with E-state index in [1.165, 1.54) is 0 Å². The molecule has 124 valence electrons. The molecule has 5 heteroatoms. The highest BCUT2D eigenvalue weighted by molar-refractivity contribution is 7.99. The van der Waals surface area contributed by atoms with E-state index in [0.29, 0.717) is 0 Å². The molecule has 2 aromatic rings. The minimum atomic E-state index is -0.559. The lowest BCUT2D eigenvalue weighted by Gasteiger charge is -2.15. The molecule has 4 nitrogen and oxygen atoms in total. The lowest BCUT2D eigenvalue weighted by atomic mass is 10.1. The van der Waals surface area contributed by atoms with Gasteiger partial charge >= 0.3 is 0 Å². The second kappa shape index (κ2) is 8.43. The molecule has 1 aromatic carbocycles. The number of benzene rings is 1. The molecule has 1 N–H and O–H groups in total. The zero-order valence-electron chi connectivity index (χ0n) is 14.3. The fourth-order valence-corrected chi connectivity index (χ4v) is 3.50. The van der Waals surface area contributed by atoms with Gasteiger partial charge in [-0.25, -0.2) is 9.97 Å². The molecule has 0 saturated heterocycles. The van der Waals surface area contributed by atoms with Crippen LogP contribution in [0.5, 0.6) is 0 Å². The van der Waals surface area contributed by atoms with E-state index in [4.69, 9.17) is 4.98 Å². The minimum absolute atomic E-state index is 0.559. The van der Waals surface area contributed by atoms with E-state index >= 15 is 0 Å². The van der Waals surface area contributed by atoms with Crippen molar-refractivity contribution in [1.82, 2.24) is 14.9 Å². The monoisotopic (exact) mass is 331 g/mol. The van der Waals surface area contributed by atoms with Crippen molar-refractivity contribution in [2.24, 2.45) is 0 Å². The van der Waals surface area contributed by atoms with Gasteiger partial charge in [-0.15, -0.1) is 11.8 Å². The maximum atomic E-state index is 10.1. The van der Waals surface area contributed by atoms with Crippen LogP contribution in [0.3, 0.4) is 0 Å². The van der Waals surface area contributed by atoms with Gasteiger partial charge in [0.15, 0.2) is 5.82 Å². The van der Waals surface area contributed by atoms with Gasteiger partial charge in [-0.3, -0.25) is 0 Å². The first-order valence-corrected chi connectivity index (χ1v) is 8.87. The van der Waals surface area contributed by atoms with Gasteiger partial charge in [-0.2, -0.15) is 0 Å². The summed E-state index contributed by atoms with van der Waals surface area (Å²) in [6, 6.07) is 9.98. The molecule has 0 fully saturated rings. The van der Waals surface area contributed by atoms with Crippen molar-refractivity contribution in [3.05, 3.63) is 41.6 Å². The highest BCUT2D eigenvalue weighted by atomic mass is 32.2. The van der Waals surface area contributed by atoms with Gasteiger partial charge in [-0.1, -0.05) is 30.3 Å². The third kappa shape index (κ3) is 5.03. The van der Waals surface area contributed by atoms with Crippen molar-refractivity contribution in [3.63, 3.8) is 0 Å². The molecule has 1 heterocycles. The van der Waals surface area contributed by atoms with Crippen molar-refractivity contribution in [1.29, 1.82) is 0 Å². The molecular weight excluding hydrogens is 306 g/mol. The molecule has 0 aliphatic heterocycles. The first-order valence-electron chi connectivity index (χ1n) is 7.88. The van der Waals surface area contributed by atoms with E-state index in [1.54, 1.807) is 18.7 Å². The molecule has 0 bridgehead atoms. The van der Waals surface area contributed by atoms with Crippen LogP contribution in [0, 0.1) is 6.92 Å². The first-order chi connectivity index (χ1) is 11.0. The smallest absolute Gasteiger partial charge is 0.160 e. The largest absolute Gasteiger partial charge is 0.389 e. The summed E-state index contributed by atoms with van der Waals surface area (Å²) in [4.78, 5) is 11.5. The summed E-state index contributed by atoms with van der Waals surface area (Å²) in [7, 11) is 4.16. The Morgan fingerprint density at radius 3 is 2.48 bits per heavy atom. The fraction of sp³-hybridized carbons (Fsp3) is 0.444. The predicted octanol–water partition coefficient (Wildman–Crippen LogP) is 3.55. The van der Waals surface area contributed by atoms with Crippen LogP contribution in [0.15, 0.2) is 35.4 Å². The highest BCUT2D eigenvalue weighted by Gasteiger charge is 2.17. The Hall–Kier alpha value is -1.43. The van der Waals surface area contributed by atoms with Gasteiger partial charge in [0.25, 0.3) is 0 Å². The van der Waals surface area contributed by atoms with Gasteiger partial charge in [0.05, 0.1) is 6.10 Å². The van der Waals surface area contributed by atoms with Gasteiger partial charge in [0, 0.05) is 22.6 Å². The molecule has 1 aromatic heterocycles. The van der Waals surface area contributed by atoms with E-state index < -0.39 is 6.10 Å². The number of thioether (sulfide) groups is 1. The van der Waals surface area contributed by atoms with Crippen LogP contribution in [0.25, 0.3) is 11.4 Å². The Bertz CT molecular complexity index is 630. The second-order valence-corrected chi connectivity index (χ2v) is 6.98. The Kier molecular flexibility index (Phi) is 6.57. The van der Waals surface area contributed by atoms with Crippen LogP contribution in [0.2, 0.25) is 0 Å². The number of aliphatic hydroxyl groups is 1. The Balaban J connectivity index is 2.27. The Labute approximate surface area is 143 Å². The summed E-state index contributed by atoms with van der Waals surface area (Å²) >= 11 is 1.70. The summed E-state index contributed by atoms with van der Waals surface area (Å²) in [5, 5.41) is 11.0. The van der Waals surface area contributed by atoms with Crippen molar-refractivity contribution in [2.75, 3.05) is 26.4 Å². The normalized spacial score (nSPS) is 12.6. The molecule has 0 aliphatic carbocycles. The number of rotatable bonds is 7. The number of aliphatic hydroxyl groups excluding tert-OH is 1. The summed E-state index contributed by atoms with van der Waals surface area (Å²) in [6.07, 6.45) is 0.525. The molecule has 0 unspecified atom stereocenters. The van der Waals surface area contributed by atoms with E-state index in [1.807, 2.05) is 37.3 Å². The summed E-state index contributed by atoms with van der Waals surface area (Å²) in [5.41, 5.74) is 2.70. The standard InChI is InChI=1S/C18H25N3OS/c1-13-16(14(2)22)18(23-12-8-11-21(3)4)20-17(19-13)15-9-6-5-7-10-15/h5-7,9-10,14,22H,8,11-12H2,1-4H3/t14-/m0/s1. The van der Waals surface area contributed by atoms with Crippen molar-refractivity contribution >= 4 is 11.8 Å². The molecule has 23 heavy (non-hydrogen) atoms. The molecular formula is C18H25N3OS. The molecule has 0 saturated carbocycles. The van der Waals surface area contributed by atoms with Crippen molar-refractivity contribution < 1.29 is 5.11 Å². The van der Waals surface area contributed by atoms with Crippen molar-refractivity contribution in [3.8, 4) is 11.4 Å². The highest BCUT2D eigenvalue weighted by Crippen LogP contribution is 2.30. The van der Waals surface area contributed by atoms with Gasteiger partial charge in [0.2, 0.25) is 0 Å². The predicted molar refractivity (Wildman–Crippen MR) is 96.7 cm³/mol. The Morgan fingerprint density at radius 2 is 1.87 bits per heavy atom. The number of nitrogens with zero attached hydrogens (tertiary/aromatic N) is 3. The minimum Gasteiger partial charge on any atom is -0.389 e. The quantitative estimate of drug-likeness (QED) is 0.478. The lowest BCUT2D eigenvalue weighted by Crippen LogP contribution is -2.13. The molecule has 1 atom stereocenters. The summed E-state index contributed by atoms with van der Waals surface area (Å²) in [5.74, 6) is 1.70. The van der Waals surface area contributed by atoms with Crippen LogP contribution >= 0.6 is 11.8 Å². The number of hydrogen-bond donors (Lipinski definition) is 1. The zero-order valence-corrected chi connectivity index (χ0v) is 15.1. The summed E-state index contributed by atoms with van der Waals surface area (Å²) in [6.45, 7) is 4.77. The van der Waals surface area contributed by atoms with Gasteiger partial charge in [0.1, 0.15) is 5.03 Å².